The minimum atomic E-state index is -0.0496. The van der Waals surface area contributed by atoms with E-state index in [1.54, 1.807) is 29.3 Å². The molecule has 7 heteroatoms. The number of rotatable bonds is 4. The topological polar surface area (TPSA) is 75.9 Å². The highest BCUT2D eigenvalue weighted by Crippen LogP contribution is 2.29. The van der Waals surface area contributed by atoms with Gasteiger partial charge in [0.05, 0.1) is 0 Å². The van der Waals surface area contributed by atoms with Gasteiger partial charge in [-0.3, -0.25) is 9.69 Å². The van der Waals surface area contributed by atoms with Gasteiger partial charge in [-0.15, -0.1) is 0 Å². The molecule has 1 aliphatic carbocycles. The van der Waals surface area contributed by atoms with Crippen LogP contribution in [-0.4, -0.2) is 55.7 Å². The van der Waals surface area contributed by atoms with Crippen LogP contribution in [0.3, 0.4) is 0 Å². The molecule has 1 aliphatic heterocycles. The van der Waals surface area contributed by atoms with Gasteiger partial charge in [0.2, 0.25) is 0 Å². The normalized spacial score (nSPS) is 21.9. The SMILES string of the molecule is O=C(NC1CCN(C2CC2)C1)c1ccnc(-n2cncn2)c1. The summed E-state index contributed by atoms with van der Waals surface area (Å²) in [6.07, 6.45) is 8.28. The minimum absolute atomic E-state index is 0.0496. The summed E-state index contributed by atoms with van der Waals surface area (Å²) in [4.78, 5) is 23.0. The number of carbonyl (C=O) groups is 1. The summed E-state index contributed by atoms with van der Waals surface area (Å²) >= 11 is 0. The van der Waals surface area contributed by atoms with E-state index in [-0.39, 0.29) is 11.9 Å². The Hall–Kier alpha value is -2.28. The Morgan fingerprint density at radius 3 is 3.00 bits per heavy atom. The van der Waals surface area contributed by atoms with Crippen LogP contribution in [0.4, 0.5) is 0 Å². The number of likely N-dealkylation sites (tertiary alicyclic amines) is 1. The van der Waals surface area contributed by atoms with Crippen molar-refractivity contribution in [3.05, 3.63) is 36.5 Å². The standard InChI is InChI=1S/C15H18N6O/c22-15(19-12-4-6-20(8-12)13-1-2-13)11-3-5-17-14(7-11)21-10-16-9-18-21/h3,5,7,9-10,12-13H,1-2,4,6,8H2,(H,19,22). The molecule has 0 radical (unpaired) electrons. The van der Waals surface area contributed by atoms with Crippen molar-refractivity contribution < 1.29 is 4.79 Å². The van der Waals surface area contributed by atoms with Crippen LogP contribution in [0.15, 0.2) is 31.0 Å². The number of nitrogens with zero attached hydrogens (tertiary/aromatic N) is 5. The maximum Gasteiger partial charge on any atom is 0.251 e. The molecule has 1 saturated carbocycles. The zero-order valence-electron chi connectivity index (χ0n) is 12.2. The van der Waals surface area contributed by atoms with Crippen LogP contribution in [0, 0.1) is 0 Å². The molecule has 114 valence electrons. The van der Waals surface area contributed by atoms with Crippen molar-refractivity contribution >= 4 is 5.91 Å². The number of amides is 1. The number of pyridine rings is 1. The molecule has 1 atom stereocenters. The smallest absolute Gasteiger partial charge is 0.251 e. The van der Waals surface area contributed by atoms with Gasteiger partial charge in [-0.25, -0.2) is 14.6 Å². The summed E-state index contributed by atoms with van der Waals surface area (Å²) in [5.74, 6) is 0.544. The Kier molecular flexibility index (Phi) is 3.34. The second-order valence-corrected chi connectivity index (χ2v) is 5.93. The van der Waals surface area contributed by atoms with Crippen molar-refractivity contribution in [1.29, 1.82) is 0 Å². The predicted octanol–water partition coefficient (Wildman–Crippen LogP) is 0.629. The first-order valence-electron chi connectivity index (χ1n) is 7.65. The van der Waals surface area contributed by atoms with E-state index in [4.69, 9.17) is 0 Å². The molecule has 4 rings (SSSR count). The molecule has 0 aromatic carbocycles. The lowest BCUT2D eigenvalue weighted by molar-refractivity contribution is 0.0937. The van der Waals surface area contributed by atoms with E-state index in [2.05, 4.69) is 25.3 Å². The van der Waals surface area contributed by atoms with Gasteiger partial charge in [-0.1, -0.05) is 0 Å². The first-order valence-corrected chi connectivity index (χ1v) is 7.65. The molecule has 0 bridgehead atoms. The lowest BCUT2D eigenvalue weighted by atomic mass is 10.2. The van der Waals surface area contributed by atoms with Crippen molar-refractivity contribution in [1.82, 2.24) is 30.0 Å². The lowest BCUT2D eigenvalue weighted by Crippen LogP contribution is -2.37. The minimum Gasteiger partial charge on any atom is -0.348 e. The molecule has 22 heavy (non-hydrogen) atoms. The predicted molar refractivity (Wildman–Crippen MR) is 79.6 cm³/mol. The third kappa shape index (κ3) is 2.71. The van der Waals surface area contributed by atoms with E-state index in [0.29, 0.717) is 11.4 Å². The highest BCUT2D eigenvalue weighted by molar-refractivity contribution is 5.94. The summed E-state index contributed by atoms with van der Waals surface area (Å²) in [5.41, 5.74) is 0.602. The van der Waals surface area contributed by atoms with Gasteiger partial charge in [-0.2, -0.15) is 5.10 Å². The number of aromatic nitrogens is 4. The quantitative estimate of drug-likeness (QED) is 0.896. The number of carbonyl (C=O) groups excluding carboxylic acids is 1. The number of hydrogen-bond donors (Lipinski definition) is 1. The van der Waals surface area contributed by atoms with Crippen LogP contribution in [0.25, 0.3) is 5.82 Å². The fourth-order valence-electron chi connectivity index (χ4n) is 2.96. The third-order valence-corrected chi connectivity index (χ3v) is 4.28. The number of hydrogen-bond acceptors (Lipinski definition) is 5. The van der Waals surface area contributed by atoms with E-state index >= 15 is 0 Å². The van der Waals surface area contributed by atoms with Gasteiger partial charge in [0.15, 0.2) is 5.82 Å². The van der Waals surface area contributed by atoms with Crippen LogP contribution < -0.4 is 5.32 Å². The Bertz CT molecular complexity index is 666. The summed E-state index contributed by atoms with van der Waals surface area (Å²) in [5, 5.41) is 7.16. The molecule has 3 heterocycles. The van der Waals surface area contributed by atoms with Crippen LogP contribution in [-0.2, 0) is 0 Å². The maximum absolute atomic E-state index is 12.4. The fraction of sp³-hybridized carbons (Fsp3) is 0.467. The van der Waals surface area contributed by atoms with Gasteiger partial charge in [0, 0.05) is 36.9 Å². The van der Waals surface area contributed by atoms with E-state index in [0.717, 1.165) is 25.6 Å². The molecule has 0 spiro atoms. The van der Waals surface area contributed by atoms with Gasteiger partial charge < -0.3 is 5.32 Å². The third-order valence-electron chi connectivity index (χ3n) is 4.28. The van der Waals surface area contributed by atoms with Crippen molar-refractivity contribution in [3.8, 4) is 5.82 Å². The van der Waals surface area contributed by atoms with E-state index in [9.17, 15) is 4.79 Å². The molecule has 2 aromatic heterocycles. The largest absolute Gasteiger partial charge is 0.348 e. The average Bonchev–Trinajstić information content (AvgIpc) is 3.06. The zero-order chi connectivity index (χ0) is 14.9. The molecular weight excluding hydrogens is 280 g/mol. The summed E-state index contributed by atoms with van der Waals surface area (Å²) in [6, 6.07) is 4.47. The molecule has 2 aromatic rings. The zero-order valence-corrected chi connectivity index (χ0v) is 12.2. The van der Waals surface area contributed by atoms with E-state index in [1.165, 1.54) is 19.2 Å². The monoisotopic (exact) mass is 298 g/mol. The first kappa shape index (κ1) is 13.4. The highest BCUT2D eigenvalue weighted by Gasteiger charge is 2.34. The second kappa shape index (κ2) is 5.49. The van der Waals surface area contributed by atoms with Crippen molar-refractivity contribution in [2.45, 2.75) is 31.3 Å². The second-order valence-electron chi connectivity index (χ2n) is 5.93. The van der Waals surface area contributed by atoms with E-state index in [1.807, 2.05) is 0 Å². The molecule has 1 amide bonds. The average molecular weight is 298 g/mol. The molecule has 1 unspecified atom stereocenters. The van der Waals surface area contributed by atoms with Crippen molar-refractivity contribution in [2.24, 2.45) is 0 Å². The van der Waals surface area contributed by atoms with Crippen molar-refractivity contribution in [3.63, 3.8) is 0 Å². The molecule has 1 saturated heterocycles. The fourth-order valence-corrected chi connectivity index (χ4v) is 2.96. The molecule has 2 fully saturated rings. The van der Waals surface area contributed by atoms with Crippen LogP contribution >= 0.6 is 0 Å². The molecular formula is C15H18N6O. The highest BCUT2D eigenvalue weighted by atomic mass is 16.1. The van der Waals surface area contributed by atoms with Crippen LogP contribution in [0.5, 0.6) is 0 Å². The first-order chi connectivity index (χ1) is 10.8. The Morgan fingerprint density at radius 2 is 2.23 bits per heavy atom. The van der Waals surface area contributed by atoms with Gasteiger partial charge >= 0.3 is 0 Å². The van der Waals surface area contributed by atoms with Crippen LogP contribution in [0.2, 0.25) is 0 Å². The maximum atomic E-state index is 12.4. The molecule has 1 N–H and O–H groups in total. The summed E-state index contributed by atoms with van der Waals surface area (Å²) in [7, 11) is 0. The van der Waals surface area contributed by atoms with Gasteiger partial charge in [0.25, 0.3) is 5.91 Å². The molecule has 2 aliphatic rings. The Balaban J connectivity index is 1.43. The van der Waals surface area contributed by atoms with E-state index < -0.39 is 0 Å². The van der Waals surface area contributed by atoms with Crippen molar-refractivity contribution in [2.75, 3.05) is 13.1 Å². The van der Waals surface area contributed by atoms with Crippen LogP contribution in [0.1, 0.15) is 29.6 Å². The summed E-state index contributed by atoms with van der Waals surface area (Å²) < 4.78 is 1.54. The lowest BCUT2D eigenvalue weighted by Gasteiger charge is -2.15. The molecule has 7 nitrogen and oxygen atoms in total. The summed E-state index contributed by atoms with van der Waals surface area (Å²) in [6.45, 7) is 2.06. The van der Waals surface area contributed by atoms with Gasteiger partial charge in [-0.05, 0) is 31.4 Å². The Morgan fingerprint density at radius 1 is 1.32 bits per heavy atom. The van der Waals surface area contributed by atoms with Gasteiger partial charge in [0.1, 0.15) is 12.7 Å². The number of nitrogens with one attached hydrogen (secondary N) is 1. The Labute approximate surface area is 128 Å².